The van der Waals surface area contributed by atoms with Crippen molar-refractivity contribution >= 4 is 17.5 Å². The molecule has 2 saturated heterocycles. The zero-order chi connectivity index (χ0) is 22.3. The lowest BCUT2D eigenvalue weighted by atomic mass is 9.94. The van der Waals surface area contributed by atoms with Gasteiger partial charge in [0.25, 0.3) is 0 Å². The van der Waals surface area contributed by atoms with Crippen LogP contribution in [0.15, 0.2) is 36.5 Å². The number of carbonyl (C=O) groups excluding carboxylic acids is 1. The summed E-state index contributed by atoms with van der Waals surface area (Å²) in [7, 11) is 0. The van der Waals surface area contributed by atoms with E-state index in [2.05, 4.69) is 33.8 Å². The second-order valence-electron chi connectivity index (χ2n) is 8.75. The van der Waals surface area contributed by atoms with E-state index in [1.807, 2.05) is 31.3 Å². The van der Waals surface area contributed by atoms with Crippen LogP contribution in [0.25, 0.3) is 0 Å². The molecule has 2 aromatic rings. The van der Waals surface area contributed by atoms with E-state index >= 15 is 0 Å². The standard InChI is InChI=1S/C25H34N4O3/c1-3-4-21(30)17-19(2)20-5-7-22(8-6-20)32-23-10-12-29(18-23)24-9-11-26-25(27-24)28-13-15-31-16-14-28/h5-9,11,19,23H,3-4,10,12-18H2,1-2H3/t19-,23?/m1/s1. The SMILES string of the molecule is CCCC(=O)C[C@@H](C)c1ccc(OC2CCN(c3ccnc(N4CCOCC4)n3)C2)cc1. The molecular formula is C25H34N4O3. The summed E-state index contributed by atoms with van der Waals surface area (Å²) in [4.78, 5) is 25.6. The summed E-state index contributed by atoms with van der Waals surface area (Å²) in [5.41, 5.74) is 1.19. The molecule has 0 radical (unpaired) electrons. The Balaban J connectivity index is 1.31. The fourth-order valence-electron chi connectivity index (χ4n) is 4.37. The maximum atomic E-state index is 11.9. The molecule has 7 heteroatoms. The number of Topliss-reactive ketones (excluding diaryl/α,β-unsaturated/α-hetero) is 1. The van der Waals surface area contributed by atoms with E-state index in [9.17, 15) is 4.79 Å². The molecule has 0 spiro atoms. The number of ether oxygens (including phenoxy) is 2. The molecule has 0 aliphatic carbocycles. The van der Waals surface area contributed by atoms with Gasteiger partial charge >= 0.3 is 0 Å². The highest BCUT2D eigenvalue weighted by atomic mass is 16.5. The van der Waals surface area contributed by atoms with Crippen molar-refractivity contribution in [1.82, 2.24) is 9.97 Å². The summed E-state index contributed by atoms with van der Waals surface area (Å²) < 4.78 is 11.7. The lowest BCUT2D eigenvalue weighted by Gasteiger charge is -2.27. The molecule has 0 bridgehead atoms. The van der Waals surface area contributed by atoms with Gasteiger partial charge in [0.1, 0.15) is 23.5 Å². The van der Waals surface area contributed by atoms with Crippen molar-refractivity contribution in [1.29, 1.82) is 0 Å². The van der Waals surface area contributed by atoms with E-state index < -0.39 is 0 Å². The van der Waals surface area contributed by atoms with Crippen molar-refractivity contribution in [3.8, 4) is 5.75 Å². The highest BCUT2D eigenvalue weighted by Crippen LogP contribution is 2.26. The average molecular weight is 439 g/mol. The van der Waals surface area contributed by atoms with Gasteiger partial charge in [0.05, 0.1) is 19.8 Å². The first kappa shape index (κ1) is 22.5. The Hall–Kier alpha value is -2.67. The van der Waals surface area contributed by atoms with E-state index in [-0.39, 0.29) is 12.0 Å². The monoisotopic (exact) mass is 438 g/mol. The van der Waals surface area contributed by atoms with Gasteiger partial charge in [0.2, 0.25) is 5.95 Å². The number of morpholine rings is 1. The van der Waals surface area contributed by atoms with Gasteiger partial charge in [-0.2, -0.15) is 4.98 Å². The third kappa shape index (κ3) is 5.76. The molecule has 3 heterocycles. The molecule has 172 valence electrons. The summed E-state index contributed by atoms with van der Waals surface area (Å²) >= 11 is 0. The fourth-order valence-corrected chi connectivity index (χ4v) is 4.37. The molecule has 2 aliphatic heterocycles. The second-order valence-corrected chi connectivity index (χ2v) is 8.75. The Labute approximate surface area is 190 Å². The number of hydrogen-bond acceptors (Lipinski definition) is 7. The summed E-state index contributed by atoms with van der Waals surface area (Å²) in [6.45, 7) is 8.99. The van der Waals surface area contributed by atoms with E-state index in [1.165, 1.54) is 5.56 Å². The van der Waals surface area contributed by atoms with Crippen molar-refractivity contribution < 1.29 is 14.3 Å². The van der Waals surface area contributed by atoms with Crippen LogP contribution in [0.1, 0.15) is 51.0 Å². The average Bonchev–Trinajstić information content (AvgIpc) is 3.29. The minimum Gasteiger partial charge on any atom is -0.489 e. The van der Waals surface area contributed by atoms with Crippen molar-refractivity contribution in [2.24, 2.45) is 0 Å². The van der Waals surface area contributed by atoms with Crippen LogP contribution in [0.2, 0.25) is 0 Å². The van der Waals surface area contributed by atoms with Crippen LogP contribution in [0.4, 0.5) is 11.8 Å². The Bertz CT molecular complexity index is 883. The highest BCUT2D eigenvalue weighted by molar-refractivity contribution is 5.79. The minimum absolute atomic E-state index is 0.131. The van der Waals surface area contributed by atoms with Crippen LogP contribution in [-0.2, 0) is 9.53 Å². The molecular weight excluding hydrogens is 404 g/mol. The minimum atomic E-state index is 0.131. The topological polar surface area (TPSA) is 67.8 Å². The van der Waals surface area contributed by atoms with Crippen LogP contribution in [0.5, 0.6) is 5.75 Å². The van der Waals surface area contributed by atoms with Crippen LogP contribution in [-0.4, -0.2) is 61.2 Å². The third-order valence-electron chi connectivity index (χ3n) is 6.21. The molecule has 32 heavy (non-hydrogen) atoms. The molecule has 0 saturated carbocycles. The number of benzene rings is 1. The van der Waals surface area contributed by atoms with Crippen LogP contribution < -0.4 is 14.5 Å². The van der Waals surface area contributed by atoms with Gasteiger partial charge in [-0.1, -0.05) is 26.0 Å². The summed E-state index contributed by atoms with van der Waals surface area (Å²) in [6.07, 6.45) is 5.13. The Morgan fingerprint density at radius 2 is 1.94 bits per heavy atom. The molecule has 0 amide bonds. The molecule has 1 aromatic heterocycles. The lowest BCUT2D eigenvalue weighted by molar-refractivity contribution is -0.119. The Kier molecular flexibility index (Phi) is 7.58. The van der Waals surface area contributed by atoms with Gasteiger partial charge in [-0.25, -0.2) is 4.98 Å². The predicted molar refractivity (Wildman–Crippen MR) is 126 cm³/mol. The largest absolute Gasteiger partial charge is 0.489 e. The number of rotatable bonds is 9. The van der Waals surface area contributed by atoms with E-state index in [4.69, 9.17) is 14.5 Å². The molecule has 7 nitrogen and oxygen atoms in total. The molecule has 0 N–H and O–H groups in total. The zero-order valence-electron chi connectivity index (χ0n) is 19.2. The molecule has 2 aliphatic rings. The van der Waals surface area contributed by atoms with Crippen molar-refractivity contribution in [2.45, 2.75) is 51.6 Å². The summed E-state index contributed by atoms with van der Waals surface area (Å²) in [5, 5.41) is 0. The predicted octanol–water partition coefficient (Wildman–Crippen LogP) is 3.83. The van der Waals surface area contributed by atoms with Gasteiger partial charge < -0.3 is 19.3 Å². The van der Waals surface area contributed by atoms with E-state index in [0.717, 1.165) is 69.8 Å². The van der Waals surface area contributed by atoms with Gasteiger partial charge in [0.15, 0.2) is 0 Å². The van der Waals surface area contributed by atoms with Gasteiger partial charge in [-0.15, -0.1) is 0 Å². The number of aromatic nitrogens is 2. The van der Waals surface area contributed by atoms with E-state index in [0.29, 0.717) is 18.6 Å². The number of nitrogens with zero attached hydrogens (tertiary/aromatic N) is 4. The molecule has 4 rings (SSSR count). The van der Waals surface area contributed by atoms with Crippen molar-refractivity contribution in [2.75, 3.05) is 49.2 Å². The quantitative estimate of drug-likeness (QED) is 0.589. The molecule has 2 atom stereocenters. The fraction of sp³-hybridized carbons (Fsp3) is 0.560. The molecule has 2 fully saturated rings. The van der Waals surface area contributed by atoms with Gasteiger partial charge in [-0.05, 0) is 36.1 Å². The maximum Gasteiger partial charge on any atom is 0.227 e. The first-order valence-electron chi connectivity index (χ1n) is 11.8. The number of hydrogen-bond donors (Lipinski definition) is 0. The van der Waals surface area contributed by atoms with Gasteiger partial charge in [0, 0.05) is 45.1 Å². The van der Waals surface area contributed by atoms with Crippen molar-refractivity contribution in [3.05, 3.63) is 42.1 Å². The lowest BCUT2D eigenvalue weighted by Crippen LogP contribution is -2.37. The van der Waals surface area contributed by atoms with Crippen LogP contribution >= 0.6 is 0 Å². The van der Waals surface area contributed by atoms with Crippen LogP contribution in [0.3, 0.4) is 0 Å². The van der Waals surface area contributed by atoms with Crippen LogP contribution in [0, 0.1) is 0 Å². The smallest absolute Gasteiger partial charge is 0.227 e. The second kappa shape index (κ2) is 10.8. The Morgan fingerprint density at radius 1 is 1.16 bits per heavy atom. The number of carbonyl (C=O) groups is 1. The number of anilines is 2. The van der Waals surface area contributed by atoms with Gasteiger partial charge in [-0.3, -0.25) is 4.79 Å². The van der Waals surface area contributed by atoms with Crippen molar-refractivity contribution in [3.63, 3.8) is 0 Å². The first-order valence-corrected chi connectivity index (χ1v) is 11.8. The number of ketones is 1. The summed E-state index contributed by atoms with van der Waals surface area (Å²) in [6, 6.07) is 10.2. The van der Waals surface area contributed by atoms with E-state index in [1.54, 1.807) is 0 Å². The first-order chi connectivity index (χ1) is 15.6. The third-order valence-corrected chi connectivity index (χ3v) is 6.21. The highest BCUT2D eigenvalue weighted by Gasteiger charge is 2.26. The Morgan fingerprint density at radius 3 is 2.69 bits per heavy atom. The normalized spacial score (nSPS) is 19.8. The molecule has 1 aromatic carbocycles. The summed E-state index contributed by atoms with van der Waals surface area (Å²) in [5.74, 6) is 3.19. The molecule has 1 unspecified atom stereocenters. The zero-order valence-corrected chi connectivity index (χ0v) is 19.2. The maximum absolute atomic E-state index is 11.9.